The fourth-order valence-corrected chi connectivity index (χ4v) is 2.62. The Bertz CT molecular complexity index is 621. The molecule has 1 aromatic rings. The minimum atomic E-state index is -4.25. The Hall–Kier alpha value is -1.03. The van der Waals surface area contributed by atoms with Crippen molar-refractivity contribution < 1.29 is 22.3 Å². The van der Waals surface area contributed by atoms with E-state index in [0.29, 0.717) is 0 Å². The Morgan fingerprint density at radius 3 is 2.65 bits per heavy atom. The summed E-state index contributed by atoms with van der Waals surface area (Å²) in [6, 6.07) is 1.49. The minimum absolute atomic E-state index is 0.0293. The van der Waals surface area contributed by atoms with E-state index in [1.165, 1.54) is 7.11 Å². The maximum Gasteiger partial charge on any atom is 0.252 e. The van der Waals surface area contributed by atoms with E-state index < -0.39 is 26.6 Å². The molecule has 0 aromatic heterocycles. The van der Waals surface area contributed by atoms with Gasteiger partial charge in [0.05, 0.1) is 12.2 Å². The molecule has 0 heterocycles. The van der Waals surface area contributed by atoms with Crippen LogP contribution in [0.3, 0.4) is 0 Å². The van der Waals surface area contributed by atoms with E-state index in [2.05, 4.69) is 21.2 Å². The molecular formula is C11H14BrFN2O4S. The Balaban J connectivity index is 3.16. The van der Waals surface area contributed by atoms with E-state index in [4.69, 9.17) is 9.88 Å². The van der Waals surface area contributed by atoms with Crippen LogP contribution in [0.5, 0.6) is 0 Å². The average molecular weight is 369 g/mol. The van der Waals surface area contributed by atoms with Crippen molar-refractivity contribution in [1.82, 2.24) is 5.32 Å². The highest BCUT2D eigenvalue weighted by atomic mass is 79.9. The SMILES string of the molecule is COCC(C)NC(=O)c1cc(S(N)(=O)=O)c(F)cc1Br. The molecule has 20 heavy (non-hydrogen) atoms. The molecule has 6 nitrogen and oxygen atoms in total. The van der Waals surface area contributed by atoms with Crippen molar-refractivity contribution in [2.75, 3.05) is 13.7 Å². The van der Waals surface area contributed by atoms with E-state index >= 15 is 0 Å². The number of methoxy groups -OCH3 is 1. The summed E-state index contributed by atoms with van der Waals surface area (Å²) >= 11 is 3.01. The number of amides is 1. The number of hydrogen-bond acceptors (Lipinski definition) is 4. The van der Waals surface area contributed by atoms with Crippen LogP contribution in [-0.4, -0.2) is 34.1 Å². The van der Waals surface area contributed by atoms with Gasteiger partial charge in [0.1, 0.15) is 10.7 Å². The maximum absolute atomic E-state index is 13.5. The second-order valence-corrected chi connectivity index (χ2v) is 6.52. The number of carbonyl (C=O) groups excluding carboxylic acids is 1. The minimum Gasteiger partial charge on any atom is -0.383 e. The first kappa shape index (κ1) is 17.0. The first-order chi connectivity index (χ1) is 9.16. The summed E-state index contributed by atoms with van der Waals surface area (Å²) in [5.41, 5.74) is -0.0293. The Kier molecular flexibility index (Phi) is 5.63. The number of nitrogens with two attached hydrogens (primary N) is 1. The lowest BCUT2D eigenvalue weighted by Crippen LogP contribution is -2.36. The van der Waals surface area contributed by atoms with Crippen molar-refractivity contribution in [3.8, 4) is 0 Å². The van der Waals surface area contributed by atoms with Crippen LogP contribution in [0.25, 0.3) is 0 Å². The van der Waals surface area contributed by atoms with Gasteiger partial charge in [-0.15, -0.1) is 0 Å². The average Bonchev–Trinajstić information content (AvgIpc) is 2.26. The number of nitrogens with one attached hydrogen (secondary N) is 1. The van der Waals surface area contributed by atoms with Crippen molar-refractivity contribution in [2.45, 2.75) is 17.9 Å². The van der Waals surface area contributed by atoms with Gasteiger partial charge in [0.2, 0.25) is 10.0 Å². The van der Waals surface area contributed by atoms with Crippen LogP contribution < -0.4 is 10.5 Å². The topological polar surface area (TPSA) is 98.5 Å². The van der Waals surface area contributed by atoms with Gasteiger partial charge in [-0.1, -0.05) is 0 Å². The Morgan fingerprint density at radius 1 is 1.55 bits per heavy atom. The molecule has 1 aromatic carbocycles. The lowest BCUT2D eigenvalue weighted by atomic mass is 10.2. The first-order valence-corrected chi connectivity index (χ1v) is 7.82. The summed E-state index contributed by atoms with van der Waals surface area (Å²) in [4.78, 5) is 11.3. The van der Waals surface area contributed by atoms with Crippen LogP contribution in [0.1, 0.15) is 17.3 Å². The highest BCUT2D eigenvalue weighted by molar-refractivity contribution is 9.10. The van der Waals surface area contributed by atoms with E-state index in [1.54, 1.807) is 6.92 Å². The number of primary sulfonamides is 1. The number of ether oxygens (including phenoxy) is 1. The van der Waals surface area contributed by atoms with Crippen molar-refractivity contribution in [3.05, 3.63) is 28.0 Å². The Labute approximate surface area is 124 Å². The summed E-state index contributed by atoms with van der Waals surface area (Å²) in [5, 5.41) is 7.47. The third-order valence-electron chi connectivity index (χ3n) is 2.37. The summed E-state index contributed by atoms with van der Waals surface area (Å²) in [7, 11) is -2.76. The molecule has 0 fully saturated rings. The highest BCUT2D eigenvalue weighted by Gasteiger charge is 2.21. The molecule has 9 heteroatoms. The lowest BCUT2D eigenvalue weighted by molar-refractivity contribution is 0.0904. The molecule has 0 aliphatic rings. The van der Waals surface area contributed by atoms with Crippen LogP contribution in [0.4, 0.5) is 4.39 Å². The lowest BCUT2D eigenvalue weighted by Gasteiger charge is -2.14. The first-order valence-electron chi connectivity index (χ1n) is 5.48. The smallest absolute Gasteiger partial charge is 0.252 e. The van der Waals surface area contributed by atoms with Crippen LogP contribution >= 0.6 is 15.9 Å². The van der Waals surface area contributed by atoms with Crippen LogP contribution in [0.15, 0.2) is 21.5 Å². The third kappa shape index (κ3) is 4.23. The molecule has 1 amide bonds. The summed E-state index contributed by atoms with van der Waals surface area (Å²) in [6.07, 6.45) is 0. The quantitative estimate of drug-likeness (QED) is 0.809. The fourth-order valence-electron chi connectivity index (χ4n) is 1.51. The molecule has 1 rings (SSSR count). The maximum atomic E-state index is 13.5. The molecule has 0 aliphatic carbocycles. The normalized spacial score (nSPS) is 13.1. The van der Waals surface area contributed by atoms with Gasteiger partial charge in [0.15, 0.2) is 0 Å². The van der Waals surface area contributed by atoms with Gasteiger partial charge in [0, 0.05) is 17.6 Å². The number of carbonyl (C=O) groups is 1. The number of hydrogen-bond donors (Lipinski definition) is 2. The third-order valence-corrected chi connectivity index (χ3v) is 3.95. The molecule has 0 spiro atoms. The second-order valence-electron chi connectivity index (χ2n) is 4.14. The summed E-state index contributed by atoms with van der Waals surface area (Å²) in [6.45, 7) is 1.99. The number of sulfonamides is 1. The van der Waals surface area contributed by atoms with Crippen molar-refractivity contribution in [2.24, 2.45) is 5.14 Å². The zero-order valence-electron chi connectivity index (χ0n) is 10.8. The predicted molar refractivity (Wildman–Crippen MR) is 74.3 cm³/mol. The van der Waals surface area contributed by atoms with Gasteiger partial charge in [0.25, 0.3) is 5.91 Å². The van der Waals surface area contributed by atoms with Gasteiger partial charge in [-0.05, 0) is 35.0 Å². The zero-order valence-corrected chi connectivity index (χ0v) is 13.2. The summed E-state index contributed by atoms with van der Waals surface area (Å²) in [5.74, 6) is -1.59. The van der Waals surface area contributed by atoms with E-state index in [0.717, 1.165) is 12.1 Å². The van der Waals surface area contributed by atoms with E-state index in [1.807, 2.05) is 0 Å². The molecule has 0 aliphatic heterocycles. The molecule has 112 valence electrons. The van der Waals surface area contributed by atoms with Crippen molar-refractivity contribution >= 4 is 31.9 Å². The van der Waals surface area contributed by atoms with E-state index in [9.17, 15) is 17.6 Å². The second kappa shape index (κ2) is 6.61. The largest absolute Gasteiger partial charge is 0.383 e. The zero-order chi connectivity index (χ0) is 15.5. The van der Waals surface area contributed by atoms with Crippen LogP contribution in [-0.2, 0) is 14.8 Å². The van der Waals surface area contributed by atoms with Gasteiger partial charge < -0.3 is 10.1 Å². The van der Waals surface area contributed by atoms with Gasteiger partial charge in [-0.25, -0.2) is 17.9 Å². The number of rotatable bonds is 5. The van der Waals surface area contributed by atoms with Crippen LogP contribution in [0.2, 0.25) is 0 Å². The van der Waals surface area contributed by atoms with Crippen LogP contribution in [0, 0.1) is 5.82 Å². The molecule has 1 unspecified atom stereocenters. The fraction of sp³-hybridized carbons (Fsp3) is 0.364. The number of halogens is 2. The molecule has 0 radical (unpaired) electrons. The molecule has 0 saturated heterocycles. The summed E-state index contributed by atoms with van der Waals surface area (Å²) < 4.78 is 41.0. The van der Waals surface area contributed by atoms with E-state index in [-0.39, 0.29) is 22.7 Å². The Morgan fingerprint density at radius 2 is 2.15 bits per heavy atom. The highest BCUT2D eigenvalue weighted by Crippen LogP contribution is 2.23. The molecule has 0 bridgehead atoms. The van der Waals surface area contributed by atoms with Crippen molar-refractivity contribution in [3.63, 3.8) is 0 Å². The van der Waals surface area contributed by atoms with Gasteiger partial charge in [-0.2, -0.15) is 0 Å². The monoisotopic (exact) mass is 368 g/mol. The van der Waals surface area contributed by atoms with Crippen molar-refractivity contribution in [1.29, 1.82) is 0 Å². The standard InChI is InChI=1S/C11H14BrFN2O4S/c1-6(5-19-2)15-11(16)7-3-10(20(14,17)18)9(13)4-8(7)12/h3-4,6H,5H2,1-2H3,(H,15,16)(H2,14,17,18). The predicted octanol–water partition coefficient (Wildman–Crippen LogP) is 1.00. The molecule has 1 atom stereocenters. The van der Waals surface area contributed by atoms with Gasteiger partial charge in [-0.3, -0.25) is 4.79 Å². The molecule has 0 saturated carbocycles. The molecular weight excluding hydrogens is 355 g/mol. The van der Waals surface area contributed by atoms with Gasteiger partial charge >= 0.3 is 0 Å². The number of benzene rings is 1. The molecule has 3 N–H and O–H groups in total.